The average Bonchev–Trinajstić information content (AvgIpc) is 2.78. The molecule has 1 saturated heterocycles. The van der Waals surface area contributed by atoms with Crippen LogP contribution >= 0.6 is 11.6 Å². The number of rotatable bonds is 7. The van der Waals surface area contributed by atoms with Crippen molar-refractivity contribution in [3.8, 4) is 11.5 Å². The van der Waals surface area contributed by atoms with Gasteiger partial charge in [0.15, 0.2) is 11.5 Å². The number of piperazine rings is 1. The molecule has 1 N–H and O–H groups in total. The van der Waals surface area contributed by atoms with Gasteiger partial charge in [-0.25, -0.2) is 4.79 Å². The zero-order valence-corrected chi connectivity index (χ0v) is 17.7. The van der Waals surface area contributed by atoms with Gasteiger partial charge < -0.3 is 24.6 Å². The van der Waals surface area contributed by atoms with Gasteiger partial charge in [-0.2, -0.15) is 0 Å². The highest BCUT2D eigenvalue weighted by molar-refractivity contribution is 6.31. The molecule has 1 heterocycles. The van der Waals surface area contributed by atoms with E-state index in [1.54, 1.807) is 23.0 Å². The second-order valence-corrected chi connectivity index (χ2v) is 7.27. The number of methoxy groups -OCH3 is 1. The topological polar surface area (TPSA) is 71.1 Å². The summed E-state index contributed by atoms with van der Waals surface area (Å²) >= 11 is 6.14. The van der Waals surface area contributed by atoms with Crippen LogP contribution in [-0.2, 0) is 11.2 Å². The number of halogens is 1. The summed E-state index contributed by atoms with van der Waals surface area (Å²) < 4.78 is 10.9. The van der Waals surface area contributed by atoms with Gasteiger partial charge in [0, 0.05) is 31.2 Å². The first-order chi connectivity index (χ1) is 14.6. The molecular weight excluding hydrogens is 406 g/mol. The molecule has 2 aromatic rings. The normalized spacial score (nSPS) is 13.7. The Balaban J connectivity index is 1.37. The minimum Gasteiger partial charge on any atom is -0.493 e. The SMILES string of the molecule is COc1ccccc1OCCNC(=O)N1CCN(C(=O)Cc2ccccc2Cl)CC1. The monoisotopic (exact) mass is 431 g/mol. The van der Waals surface area contributed by atoms with Gasteiger partial charge in [0.05, 0.1) is 20.1 Å². The molecule has 0 radical (unpaired) electrons. The van der Waals surface area contributed by atoms with Crippen molar-refractivity contribution in [2.45, 2.75) is 6.42 Å². The Morgan fingerprint density at radius 2 is 1.60 bits per heavy atom. The molecule has 7 nitrogen and oxygen atoms in total. The van der Waals surface area contributed by atoms with E-state index in [0.717, 1.165) is 5.56 Å². The van der Waals surface area contributed by atoms with E-state index >= 15 is 0 Å². The standard InChI is InChI=1S/C22H26ClN3O4/c1-29-19-8-4-5-9-20(19)30-15-10-24-22(28)26-13-11-25(12-14-26)21(27)16-17-6-2-3-7-18(17)23/h2-9H,10-16H2,1H3,(H,24,28). The molecule has 0 atom stereocenters. The minimum atomic E-state index is -0.156. The first-order valence-corrected chi connectivity index (χ1v) is 10.3. The quantitative estimate of drug-likeness (QED) is 0.684. The van der Waals surface area contributed by atoms with Crippen LogP contribution in [0.15, 0.2) is 48.5 Å². The molecule has 1 aliphatic heterocycles. The van der Waals surface area contributed by atoms with Gasteiger partial charge in [0.1, 0.15) is 6.61 Å². The molecule has 8 heteroatoms. The van der Waals surface area contributed by atoms with E-state index in [4.69, 9.17) is 21.1 Å². The lowest BCUT2D eigenvalue weighted by Gasteiger charge is -2.34. The van der Waals surface area contributed by atoms with Crippen LogP contribution in [0, 0.1) is 0 Å². The van der Waals surface area contributed by atoms with E-state index in [1.165, 1.54) is 0 Å². The number of ether oxygens (including phenoxy) is 2. The summed E-state index contributed by atoms with van der Waals surface area (Å²) in [7, 11) is 1.59. The number of hydrogen-bond donors (Lipinski definition) is 1. The number of carbonyl (C=O) groups excluding carboxylic acids is 2. The summed E-state index contributed by atoms with van der Waals surface area (Å²) in [5.41, 5.74) is 0.819. The third kappa shape index (κ3) is 5.79. The molecule has 3 amide bonds. The molecule has 1 aliphatic rings. The van der Waals surface area contributed by atoms with Crippen molar-refractivity contribution in [1.82, 2.24) is 15.1 Å². The summed E-state index contributed by atoms with van der Waals surface area (Å²) in [5, 5.41) is 3.45. The van der Waals surface area contributed by atoms with E-state index in [2.05, 4.69) is 5.32 Å². The smallest absolute Gasteiger partial charge is 0.317 e. The van der Waals surface area contributed by atoms with E-state index < -0.39 is 0 Å². The summed E-state index contributed by atoms with van der Waals surface area (Å²) in [6, 6.07) is 14.6. The summed E-state index contributed by atoms with van der Waals surface area (Å²) in [6.45, 7) is 2.72. The Morgan fingerprint density at radius 1 is 0.967 bits per heavy atom. The molecular formula is C22H26ClN3O4. The molecule has 30 heavy (non-hydrogen) atoms. The lowest BCUT2D eigenvalue weighted by Crippen LogP contribution is -2.53. The van der Waals surface area contributed by atoms with Gasteiger partial charge >= 0.3 is 6.03 Å². The van der Waals surface area contributed by atoms with Crippen molar-refractivity contribution >= 4 is 23.5 Å². The largest absolute Gasteiger partial charge is 0.493 e. The van der Waals surface area contributed by atoms with Crippen LogP contribution in [0.25, 0.3) is 0 Å². The van der Waals surface area contributed by atoms with E-state index in [0.29, 0.717) is 55.9 Å². The molecule has 0 spiro atoms. The van der Waals surface area contributed by atoms with E-state index in [1.807, 2.05) is 42.5 Å². The van der Waals surface area contributed by atoms with Crippen molar-refractivity contribution in [3.05, 3.63) is 59.1 Å². The second-order valence-electron chi connectivity index (χ2n) is 6.87. The van der Waals surface area contributed by atoms with Crippen molar-refractivity contribution in [2.24, 2.45) is 0 Å². The Kier molecular flexibility index (Phi) is 7.79. The maximum atomic E-state index is 12.5. The Bertz CT molecular complexity index is 869. The molecule has 1 fully saturated rings. The molecule has 0 bridgehead atoms. The predicted molar refractivity (Wildman–Crippen MR) is 115 cm³/mol. The lowest BCUT2D eigenvalue weighted by molar-refractivity contribution is -0.131. The Morgan fingerprint density at radius 3 is 2.30 bits per heavy atom. The fraction of sp³-hybridized carbons (Fsp3) is 0.364. The van der Waals surface area contributed by atoms with Gasteiger partial charge in [-0.05, 0) is 23.8 Å². The number of benzene rings is 2. The number of hydrogen-bond acceptors (Lipinski definition) is 4. The van der Waals surface area contributed by atoms with Gasteiger partial charge in [-0.3, -0.25) is 4.79 Å². The van der Waals surface area contributed by atoms with Gasteiger partial charge in [0.25, 0.3) is 0 Å². The molecule has 0 saturated carbocycles. The van der Waals surface area contributed by atoms with Gasteiger partial charge in [0.2, 0.25) is 5.91 Å². The summed E-state index contributed by atoms with van der Waals surface area (Å²) in [5.74, 6) is 1.31. The van der Waals surface area contributed by atoms with Gasteiger partial charge in [-0.1, -0.05) is 41.9 Å². The van der Waals surface area contributed by atoms with Crippen LogP contribution in [0.3, 0.4) is 0 Å². The third-order valence-electron chi connectivity index (χ3n) is 4.92. The zero-order chi connectivity index (χ0) is 21.3. The second kappa shape index (κ2) is 10.7. The van der Waals surface area contributed by atoms with Crippen LogP contribution in [0.4, 0.5) is 4.79 Å². The summed E-state index contributed by atoms with van der Waals surface area (Å²) in [6.07, 6.45) is 0.270. The maximum absolute atomic E-state index is 12.5. The highest BCUT2D eigenvalue weighted by Gasteiger charge is 2.24. The van der Waals surface area contributed by atoms with E-state index in [9.17, 15) is 9.59 Å². The van der Waals surface area contributed by atoms with Crippen LogP contribution in [0.2, 0.25) is 5.02 Å². The van der Waals surface area contributed by atoms with Crippen LogP contribution in [-0.4, -0.2) is 68.2 Å². The van der Waals surface area contributed by atoms with Crippen molar-refractivity contribution < 1.29 is 19.1 Å². The summed E-state index contributed by atoms with van der Waals surface area (Å²) in [4.78, 5) is 28.4. The predicted octanol–water partition coefficient (Wildman–Crippen LogP) is 2.82. The molecule has 3 rings (SSSR count). The van der Waals surface area contributed by atoms with Crippen molar-refractivity contribution in [3.63, 3.8) is 0 Å². The Labute approximate surface area is 181 Å². The fourth-order valence-electron chi connectivity index (χ4n) is 3.24. The lowest BCUT2D eigenvalue weighted by atomic mass is 10.1. The number of nitrogens with zero attached hydrogens (tertiary/aromatic N) is 2. The molecule has 0 unspecified atom stereocenters. The molecule has 2 aromatic carbocycles. The first kappa shape index (κ1) is 21.8. The third-order valence-corrected chi connectivity index (χ3v) is 5.29. The fourth-order valence-corrected chi connectivity index (χ4v) is 3.45. The number of urea groups is 1. The molecule has 0 aromatic heterocycles. The number of para-hydroxylation sites is 2. The highest BCUT2D eigenvalue weighted by Crippen LogP contribution is 2.25. The average molecular weight is 432 g/mol. The first-order valence-electron chi connectivity index (χ1n) is 9.88. The van der Waals surface area contributed by atoms with Crippen LogP contribution in [0.5, 0.6) is 11.5 Å². The van der Waals surface area contributed by atoms with Crippen LogP contribution < -0.4 is 14.8 Å². The van der Waals surface area contributed by atoms with Gasteiger partial charge in [-0.15, -0.1) is 0 Å². The van der Waals surface area contributed by atoms with E-state index in [-0.39, 0.29) is 18.4 Å². The number of nitrogens with one attached hydrogen (secondary N) is 1. The van der Waals surface area contributed by atoms with Crippen molar-refractivity contribution in [1.29, 1.82) is 0 Å². The maximum Gasteiger partial charge on any atom is 0.317 e. The van der Waals surface area contributed by atoms with Crippen LogP contribution in [0.1, 0.15) is 5.56 Å². The zero-order valence-electron chi connectivity index (χ0n) is 17.0. The number of carbonyl (C=O) groups is 2. The molecule has 0 aliphatic carbocycles. The number of amides is 3. The highest BCUT2D eigenvalue weighted by atomic mass is 35.5. The molecule has 160 valence electrons. The Hall–Kier alpha value is -2.93. The minimum absolute atomic E-state index is 0.0216. The van der Waals surface area contributed by atoms with Crippen molar-refractivity contribution in [2.75, 3.05) is 46.4 Å².